The number of ether oxygens (including phenoxy) is 1. The maximum Gasteiger partial charge on any atom is 0.337 e. The predicted octanol–water partition coefficient (Wildman–Crippen LogP) is 3.17. The molecule has 0 unspecified atom stereocenters. The van der Waals surface area contributed by atoms with Crippen molar-refractivity contribution in [1.82, 2.24) is 0 Å². The number of hydrogen-bond donors (Lipinski definition) is 1. The number of hydrogen-bond acceptors (Lipinski definition) is 4. The van der Waals surface area contributed by atoms with Crippen LogP contribution in [0.1, 0.15) is 15.9 Å². The van der Waals surface area contributed by atoms with Crippen molar-refractivity contribution in [3.05, 3.63) is 59.7 Å². The molecule has 0 aromatic heterocycles. The van der Waals surface area contributed by atoms with Gasteiger partial charge >= 0.3 is 5.97 Å². The molecule has 7 heteroatoms. The van der Waals surface area contributed by atoms with Gasteiger partial charge in [-0.05, 0) is 42.0 Å². The van der Waals surface area contributed by atoms with Gasteiger partial charge in [0.1, 0.15) is 0 Å². The molecule has 5 nitrogen and oxygen atoms in total. The van der Waals surface area contributed by atoms with Gasteiger partial charge in [0, 0.05) is 11.0 Å². The van der Waals surface area contributed by atoms with Gasteiger partial charge in [-0.2, -0.15) is 0 Å². The highest BCUT2D eigenvalue weighted by Gasteiger charge is 2.14. The van der Waals surface area contributed by atoms with Gasteiger partial charge in [-0.3, -0.25) is 4.72 Å². The van der Waals surface area contributed by atoms with Crippen molar-refractivity contribution in [3.63, 3.8) is 0 Å². The van der Waals surface area contributed by atoms with E-state index >= 15 is 0 Å². The maximum atomic E-state index is 12.3. The minimum Gasteiger partial charge on any atom is -0.465 e. The van der Waals surface area contributed by atoms with Crippen molar-refractivity contribution in [3.8, 4) is 0 Å². The first-order valence-corrected chi connectivity index (χ1v) is 8.93. The Labute approximate surface area is 137 Å². The predicted molar refractivity (Wildman–Crippen MR) is 87.7 cm³/mol. The standard InChI is InChI=1S/C15H14BrNO4S/c1-21-15(18)12-4-6-13(7-5-12)17-22(19,20)14-8-2-11(10-16)3-9-14/h2-9,17H,10H2,1H3. The third-order valence-electron chi connectivity index (χ3n) is 2.95. The molecule has 1 N–H and O–H groups in total. The SMILES string of the molecule is COC(=O)c1ccc(NS(=O)(=O)c2ccc(CBr)cc2)cc1. The Balaban J connectivity index is 2.19. The quantitative estimate of drug-likeness (QED) is 0.635. The van der Waals surface area contributed by atoms with Crippen LogP contribution in [0.25, 0.3) is 0 Å². The molecule has 0 saturated carbocycles. The van der Waals surface area contributed by atoms with Crippen LogP contribution in [0.2, 0.25) is 0 Å². The molecule has 0 aliphatic heterocycles. The summed E-state index contributed by atoms with van der Waals surface area (Å²) in [5.74, 6) is -0.472. The van der Waals surface area contributed by atoms with Crippen LogP contribution in [0.3, 0.4) is 0 Å². The van der Waals surface area contributed by atoms with Crippen LogP contribution >= 0.6 is 15.9 Å². The van der Waals surface area contributed by atoms with E-state index in [0.29, 0.717) is 16.6 Å². The van der Waals surface area contributed by atoms with Crippen LogP contribution in [-0.2, 0) is 20.1 Å². The normalized spacial score (nSPS) is 11.0. The van der Waals surface area contributed by atoms with Gasteiger partial charge in [0.05, 0.1) is 17.6 Å². The van der Waals surface area contributed by atoms with Crippen molar-refractivity contribution < 1.29 is 17.9 Å². The van der Waals surface area contributed by atoms with E-state index in [1.165, 1.54) is 31.4 Å². The third kappa shape index (κ3) is 3.86. The zero-order valence-electron chi connectivity index (χ0n) is 11.7. The Bertz CT molecular complexity index is 755. The van der Waals surface area contributed by atoms with Crippen molar-refractivity contribution >= 4 is 37.6 Å². The van der Waals surface area contributed by atoms with Gasteiger partial charge in [0.25, 0.3) is 10.0 Å². The van der Waals surface area contributed by atoms with E-state index in [9.17, 15) is 13.2 Å². The maximum absolute atomic E-state index is 12.3. The molecule has 0 saturated heterocycles. The van der Waals surface area contributed by atoms with Gasteiger partial charge in [-0.25, -0.2) is 13.2 Å². The fourth-order valence-electron chi connectivity index (χ4n) is 1.76. The first-order chi connectivity index (χ1) is 10.5. The Morgan fingerprint density at radius 1 is 1.09 bits per heavy atom. The first kappa shape index (κ1) is 16.5. The average Bonchev–Trinajstić information content (AvgIpc) is 2.54. The molecular weight excluding hydrogens is 370 g/mol. The van der Waals surface area contributed by atoms with E-state index in [-0.39, 0.29) is 4.90 Å². The van der Waals surface area contributed by atoms with Gasteiger partial charge in [0.15, 0.2) is 0 Å². The van der Waals surface area contributed by atoms with Crippen molar-refractivity contribution in [2.45, 2.75) is 10.2 Å². The van der Waals surface area contributed by atoms with Gasteiger partial charge in [0.2, 0.25) is 0 Å². The highest BCUT2D eigenvalue weighted by atomic mass is 79.9. The minimum absolute atomic E-state index is 0.175. The van der Waals surface area contributed by atoms with Crippen molar-refractivity contribution in [2.75, 3.05) is 11.8 Å². The summed E-state index contributed by atoms with van der Waals surface area (Å²) >= 11 is 3.31. The van der Waals surface area contributed by atoms with Crippen LogP contribution in [-0.4, -0.2) is 21.5 Å². The molecule has 0 heterocycles. The molecule has 0 spiro atoms. The summed E-state index contributed by atoms with van der Waals surface area (Å²) in [5, 5.41) is 0.662. The van der Waals surface area contributed by atoms with Crippen LogP contribution in [0.4, 0.5) is 5.69 Å². The molecule has 0 radical (unpaired) electrons. The summed E-state index contributed by atoms with van der Waals surface area (Å²) in [5.41, 5.74) is 1.71. The van der Waals surface area contributed by atoms with Gasteiger partial charge < -0.3 is 4.74 Å². The number of benzene rings is 2. The number of halogens is 1. The largest absolute Gasteiger partial charge is 0.465 e. The number of esters is 1. The van der Waals surface area contributed by atoms with Crippen LogP contribution in [0.15, 0.2) is 53.4 Å². The van der Waals surface area contributed by atoms with E-state index in [2.05, 4.69) is 25.4 Å². The van der Waals surface area contributed by atoms with E-state index < -0.39 is 16.0 Å². The molecule has 0 fully saturated rings. The number of alkyl halides is 1. The van der Waals surface area contributed by atoms with Crippen LogP contribution in [0, 0.1) is 0 Å². The number of sulfonamides is 1. The molecule has 0 atom stereocenters. The average molecular weight is 384 g/mol. The summed E-state index contributed by atoms with van der Waals surface area (Å²) < 4.78 is 31.6. The molecule has 116 valence electrons. The number of rotatable bonds is 5. The highest BCUT2D eigenvalue weighted by Crippen LogP contribution is 2.18. The Hall–Kier alpha value is -1.86. The molecule has 2 aromatic rings. The summed E-state index contributed by atoms with van der Waals surface area (Å²) in [6.07, 6.45) is 0. The number of anilines is 1. The molecule has 0 bridgehead atoms. The Morgan fingerprint density at radius 2 is 1.68 bits per heavy atom. The number of methoxy groups -OCH3 is 1. The second-order valence-corrected chi connectivity index (χ2v) is 6.70. The van der Waals surface area contributed by atoms with Gasteiger partial charge in [-0.15, -0.1) is 0 Å². The zero-order valence-corrected chi connectivity index (χ0v) is 14.1. The molecule has 22 heavy (non-hydrogen) atoms. The zero-order chi connectivity index (χ0) is 16.2. The minimum atomic E-state index is -3.66. The second-order valence-electron chi connectivity index (χ2n) is 4.45. The molecule has 2 rings (SSSR count). The lowest BCUT2D eigenvalue weighted by atomic mass is 10.2. The summed E-state index contributed by atoms with van der Waals surface area (Å²) in [6, 6.07) is 12.6. The fourth-order valence-corrected chi connectivity index (χ4v) is 3.20. The van der Waals surface area contributed by atoms with Crippen molar-refractivity contribution in [2.24, 2.45) is 0 Å². The van der Waals surface area contributed by atoms with Crippen LogP contribution in [0.5, 0.6) is 0 Å². The van der Waals surface area contributed by atoms with E-state index in [4.69, 9.17) is 0 Å². The smallest absolute Gasteiger partial charge is 0.337 e. The van der Waals surface area contributed by atoms with E-state index in [1.54, 1.807) is 24.3 Å². The van der Waals surface area contributed by atoms with E-state index in [0.717, 1.165) is 5.56 Å². The molecule has 0 amide bonds. The topological polar surface area (TPSA) is 72.5 Å². The van der Waals surface area contributed by atoms with Gasteiger partial charge in [-0.1, -0.05) is 28.1 Å². The van der Waals surface area contributed by atoms with Crippen molar-refractivity contribution in [1.29, 1.82) is 0 Å². The second kappa shape index (κ2) is 6.93. The number of nitrogens with one attached hydrogen (secondary N) is 1. The lowest BCUT2D eigenvalue weighted by Crippen LogP contribution is -2.13. The molecular formula is C15H14BrNO4S. The first-order valence-electron chi connectivity index (χ1n) is 6.32. The molecule has 0 aliphatic carbocycles. The highest BCUT2D eigenvalue weighted by molar-refractivity contribution is 9.08. The molecule has 2 aromatic carbocycles. The summed E-state index contributed by atoms with van der Waals surface area (Å²) in [4.78, 5) is 11.5. The number of carbonyl (C=O) groups is 1. The number of carbonyl (C=O) groups excluding carboxylic acids is 1. The Morgan fingerprint density at radius 3 is 2.18 bits per heavy atom. The fraction of sp³-hybridized carbons (Fsp3) is 0.133. The summed E-state index contributed by atoms with van der Waals surface area (Å²) in [7, 11) is -2.37. The van der Waals surface area contributed by atoms with E-state index in [1.807, 2.05) is 0 Å². The summed E-state index contributed by atoms with van der Waals surface area (Å²) in [6.45, 7) is 0. The monoisotopic (exact) mass is 383 g/mol. The molecule has 0 aliphatic rings. The van der Waals surface area contributed by atoms with Crippen LogP contribution < -0.4 is 4.72 Å². The Kier molecular flexibility index (Phi) is 5.20. The lowest BCUT2D eigenvalue weighted by molar-refractivity contribution is 0.0601. The third-order valence-corrected chi connectivity index (χ3v) is 4.99. The lowest BCUT2D eigenvalue weighted by Gasteiger charge is -2.09.